The van der Waals surface area contributed by atoms with Gasteiger partial charge in [-0.25, -0.2) is 15.0 Å². The van der Waals surface area contributed by atoms with E-state index in [4.69, 9.17) is 15.0 Å². The summed E-state index contributed by atoms with van der Waals surface area (Å²) in [5.74, 6) is 4.78. The summed E-state index contributed by atoms with van der Waals surface area (Å²) >= 11 is 0. The van der Waals surface area contributed by atoms with Crippen LogP contribution in [0.1, 0.15) is 44.1 Å². The first-order chi connectivity index (χ1) is 31.1. The van der Waals surface area contributed by atoms with Crippen molar-refractivity contribution in [3.63, 3.8) is 0 Å². The molecule has 0 saturated heterocycles. The Balaban J connectivity index is 0.919. The molecule has 302 valence electrons. The second-order valence-electron chi connectivity index (χ2n) is 18.7. The van der Waals surface area contributed by atoms with Crippen molar-refractivity contribution in [3.05, 3.63) is 194 Å². The molecule has 14 rings (SSSR count). The average molecular weight is 811 g/mol. The summed E-state index contributed by atoms with van der Waals surface area (Å²) in [4.78, 5) is 15.6. The van der Waals surface area contributed by atoms with Crippen molar-refractivity contribution in [1.29, 1.82) is 0 Å². The van der Waals surface area contributed by atoms with Gasteiger partial charge in [-0.2, -0.15) is 0 Å². The van der Waals surface area contributed by atoms with Gasteiger partial charge in [-0.05, 0) is 149 Å². The minimum Gasteiger partial charge on any atom is -0.309 e. The highest BCUT2D eigenvalue weighted by Gasteiger charge is 2.51. The SMILES string of the molecule is c1ccc(-c2ccc3c(c2)c2ccc(-c4ccccc4)cc2n3-c2ccc(-c3nc(-c4ccc(C56CC7CC(CC(C7)C5)C6)cc4)nc(-c4ccc5ccccc5c4)n3)cc2)cc1. The third kappa shape index (κ3) is 6.30. The average Bonchev–Trinajstić information content (AvgIpc) is 3.67. The quantitative estimate of drug-likeness (QED) is 0.161. The topological polar surface area (TPSA) is 43.6 Å². The third-order valence-electron chi connectivity index (χ3n) is 14.8. The normalized spacial score (nSPS) is 20.2. The molecular formula is C59H46N4. The van der Waals surface area contributed by atoms with Gasteiger partial charge in [0, 0.05) is 33.2 Å². The van der Waals surface area contributed by atoms with E-state index in [9.17, 15) is 0 Å². The zero-order valence-electron chi connectivity index (χ0n) is 35.2. The fourth-order valence-corrected chi connectivity index (χ4v) is 12.2. The van der Waals surface area contributed by atoms with Crippen LogP contribution in [0.4, 0.5) is 0 Å². The Bertz CT molecular complexity index is 3310. The number of fused-ring (bicyclic) bond motifs is 4. The zero-order valence-corrected chi connectivity index (χ0v) is 35.2. The van der Waals surface area contributed by atoms with Gasteiger partial charge in [-0.3, -0.25) is 0 Å². The molecule has 4 aliphatic rings. The van der Waals surface area contributed by atoms with Gasteiger partial charge < -0.3 is 4.57 Å². The molecule has 0 atom stereocenters. The van der Waals surface area contributed by atoms with Gasteiger partial charge in [0.2, 0.25) is 0 Å². The highest BCUT2D eigenvalue weighted by atomic mass is 15.0. The molecule has 2 heterocycles. The monoisotopic (exact) mass is 810 g/mol. The van der Waals surface area contributed by atoms with Gasteiger partial charge >= 0.3 is 0 Å². The van der Waals surface area contributed by atoms with Crippen LogP contribution >= 0.6 is 0 Å². The van der Waals surface area contributed by atoms with E-state index in [-0.39, 0.29) is 0 Å². The number of benzene rings is 8. The molecule has 0 spiro atoms. The van der Waals surface area contributed by atoms with E-state index in [1.807, 2.05) is 0 Å². The lowest BCUT2D eigenvalue weighted by Gasteiger charge is -2.57. The lowest BCUT2D eigenvalue weighted by Crippen LogP contribution is -2.48. The van der Waals surface area contributed by atoms with Crippen LogP contribution in [-0.2, 0) is 5.41 Å². The molecule has 4 nitrogen and oxygen atoms in total. The van der Waals surface area contributed by atoms with E-state index in [0.29, 0.717) is 22.9 Å². The van der Waals surface area contributed by atoms with E-state index in [2.05, 4.69) is 193 Å². The molecule has 4 aliphatic carbocycles. The van der Waals surface area contributed by atoms with Crippen LogP contribution in [-0.4, -0.2) is 19.5 Å². The summed E-state index contributed by atoms with van der Waals surface area (Å²) in [7, 11) is 0. The van der Waals surface area contributed by atoms with Gasteiger partial charge in [-0.15, -0.1) is 0 Å². The molecule has 4 bridgehead atoms. The Morgan fingerprint density at radius 3 is 1.51 bits per heavy atom. The van der Waals surface area contributed by atoms with E-state index in [1.54, 1.807) is 0 Å². The standard InChI is InChI=1S/C59H46N4/c1-3-9-41(10-4-1)47-22-28-54-53(33-47)52-27-21-48(42-11-5-2-6-12-42)34-55(52)63(54)51-25-19-45(20-26-51)57-60-56(61-58(62-57)49-16-15-43-13-7-8-14-46(43)32-49)44-17-23-50(24-18-44)59-35-38-29-39(36-59)31-40(30-38)37-59/h1-28,32-34,38-40H,29-31,35-37H2. The van der Waals surface area contributed by atoms with Crippen LogP contribution in [0, 0.1) is 17.8 Å². The fraction of sp³-hybridized carbons (Fsp3) is 0.169. The maximum atomic E-state index is 5.23. The van der Waals surface area contributed by atoms with Crippen molar-refractivity contribution in [2.45, 2.75) is 43.9 Å². The maximum absolute atomic E-state index is 5.23. The molecule has 8 aromatic carbocycles. The largest absolute Gasteiger partial charge is 0.309 e. The molecule has 0 radical (unpaired) electrons. The molecule has 0 amide bonds. The molecule has 0 unspecified atom stereocenters. The molecule has 4 heteroatoms. The maximum Gasteiger partial charge on any atom is 0.164 e. The van der Waals surface area contributed by atoms with Crippen LogP contribution in [0.3, 0.4) is 0 Å². The zero-order chi connectivity index (χ0) is 41.5. The number of hydrogen-bond donors (Lipinski definition) is 0. The first kappa shape index (κ1) is 36.5. The Labute approximate surface area is 368 Å². The van der Waals surface area contributed by atoms with Crippen LogP contribution in [0.5, 0.6) is 0 Å². The molecular weight excluding hydrogens is 765 g/mol. The van der Waals surface area contributed by atoms with Gasteiger partial charge in [0.25, 0.3) is 0 Å². The summed E-state index contributed by atoms with van der Waals surface area (Å²) in [5.41, 5.74) is 13.1. The second kappa shape index (κ2) is 14.5. The highest BCUT2D eigenvalue weighted by molar-refractivity contribution is 6.11. The highest BCUT2D eigenvalue weighted by Crippen LogP contribution is 2.60. The second-order valence-corrected chi connectivity index (χ2v) is 18.7. The van der Waals surface area contributed by atoms with Gasteiger partial charge in [0.1, 0.15) is 0 Å². The fourth-order valence-electron chi connectivity index (χ4n) is 12.2. The van der Waals surface area contributed by atoms with Crippen molar-refractivity contribution < 1.29 is 0 Å². The predicted molar refractivity (Wildman–Crippen MR) is 259 cm³/mol. The van der Waals surface area contributed by atoms with Crippen LogP contribution < -0.4 is 0 Å². The summed E-state index contributed by atoms with van der Waals surface area (Å²) in [6.07, 6.45) is 8.42. The van der Waals surface area contributed by atoms with E-state index >= 15 is 0 Å². The molecule has 0 N–H and O–H groups in total. The van der Waals surface area contributed by atoms with Crippen molar-refractivity contribution in [2.24, 2.45) is 17.8 Å². The van der Waals surface area contributed by atoms with Gasteiger partial charge in [0.05, 0.1) is 11.0 Å². The van der Waals surface area contributed by atoms with Crippen molar-refractivity contribution in [2.75, 3.05) is 0 Å². The Morgan fingerprint density at radius 1 is 0.365 bits per heavy atom. The summed E-state index contributed by atoms with van der Waals surface area (Å²) in [6, 6.07) is 68.2. The van der Waals surface area contributed by atoms with Crippen LogP contribution in [0.15, 0.2) is 188 Å². The molecule has 2 aromatic heterocycles. The minimum atomic E-state index is 0.346. The molecule has 4 saturated carbocycles. The molecule has 4 fully saturated rings. The minimum absolute atomic E-state index is 0.346. The summed E-state index contributed by atoms with van der Waals surface area (Å²) in [6.45, 7) is 0. The van der Waals surface area contributed by atoms with Gasteiger partial charge in [-0.1, -0.05) is 140 Å². The van der Waals surface area contributed by atoms with Gasteiger partial charge in [0.15, 0.2) is 17.5 Å². The Hall–Kier alpha value is -7.17. The number of rotatable bonds is 7. The third-order valence-corrected chi connectivity index (χ3v) is 14.8. The van der Waals surface area contributed by atoms with E-state index < -0.39 is 0 Å². The number of nitrogens with zero attached hydrogens (tertiary/aromatic N) is 4. The number of aromatic nitrogens is 4. The van der Waals surface area contributed by atoms with E-state index in [0.717, 1.165) is 40.1 Å². The summed E-state index contributed by atoms with van der Waals surface area (Å²) < 4.78 is 2.40. The first-order valence-corrected chi connectivity index (χ1v) is 22.8. The Kier molecular flexibility index (Phi) is 8.37. The van der Waals surface area contributed by atoms with Crippen molar-refractivity contribution >= 4 is 32.6 Å². The lowest BCUT2D eigenvalue weighted by molar-refractivity contribution is -0.00518. The lowest BCUT2D eigenvalue weighted by atomic mass is 9.48. The van der Waals surface area contributed by atoms with E-state index in [1.165, 1.54) is 98.9 Å². The van der Waals surface area contributed by atoms with Crippen molar-refractivity contribution in [3.8, 4) is 62.1 Å². The molecule has 10 aromatic rings. The molecule has 0 aliphatic heterocycles. The summed E-state index contributed by atoms with van der Waals surface area (Å²) in [5, 5.41) is 4.82. The first-order valence-electron chi connectivity index (χ1n) is 22.8. The predicted octanol–water partition coefficient (Wildman–Crippen LogP) is 14.9. The van der Waals surface area contributed by atoms with Crippen molar-refractivity contribution in [1.82, 2.24) is 19.5 Å². The van der Waals surface area contributed by atoms with Crippen LogP contribution in [0.2, 0.25) is 0 Å². The Morgan fingerprint density at radius 2 is 0.873 bits per heavy atom. The number of hydrogen-bond acceptors (Lipinski definition) is 3. The van der Waals surface area contributed by atoms with Crippen LogP contribution in [0.25, 0.3) is 94.7 Å². The molecule has 63 heavy (non-hydrogen) atoms. The smallest absolute Gasteiger partial charge is 0.164 e.